The Morgan fingerprint density at radius 1 is 1.50 bits per heavy atom. The van der Waals surface area contributed by atoms with Crippen LogP contribution in [0.2, 0.25) is 0 Å². The maximum atomic E-state index is 5.86. The monoisotopic (exact) mass is 219 g/mol. The largest absolute Gasteiger partial charge is 0.328 e. The van der Waals surface area contributed by atoms with Crippen molar-refractivity contribution >= 4 is 0 Å². The third-order valence-electron chi connectivity index (χ3n) is 2.59. The molecule has 0 aliphatic carbocycles. The van der Waals surface area contributed by atoms with Crippen LogP contribution in [0.15, 0.2) is 18.7 Å². The Labute approximate surface area is 94.9 Å². The van der Waals surface area contributed by atoms with E-state index in [1.54, 1.807) is 12.5 Å². The van der Waals surface area contributed by atoms with Gasteiger partial charge in [0, 0.05) is 31.0 Å². The van der Waals surface area contributed by atoms with Crippen LogP contribution >= 0.6 is 0 Å². The van der Waals surface area contributed by atoms with Gasteiger partial charge in [-0.1, -0.05) is 0 Å². The van der Waals surface area contributed by atoms with Crippen molar-refractivity contribution < 1.29 is 0 Å². The summed E-state index contributed by atoms with van der Waals surface area (Å²) in [7, 11) is 1.94. The van der Waals surface area contributed by atoms with Gasteiger partial charge < -0.3 is 5.73 Å². The van der Waals surface area contributed by atoms with Crippen LogP contribution in [-0.4, -0.2) is 25.4 Å². The summed E-state index contributed by atoms with van der Waals surface area (Å²) >= 11 is 0. The van der Waals surface area contributed by atoms with E-state index in [4.69, 9.17) is 5.73 Å². The molecular weight excluding hydrogens is 202 g/mol. The van der Waals surface area contributed by atoms with Gasteiger partial charge in [-0.2, -0.15) is 5.10 Å². The average molecular weight is 219 g/mol. The van der Waals surface area contributed by atoms with E-state index < -0.39 is 0 Å². The molecule has 0 aromatic carbocycles. The van der Waals surface area contributed by atoms with E-state index in [0.29, 0.717) is 0 Å². The van der Waals surface area contributed by atoms with E-state index in [2.05, 4.69) is 10.1 Å². The van der Waals surface area contributed by atoms with E-state index >= 15 is 0 Å². The van der Waals surface area contributed by atoms with Crippen LogP contribution < -0.4 is 5.73 Å². The van der Waals surface area contributed by atoms with Crippen molar-refractivity contribution in [1.29, 1.82) is 0 Å². The summed E-state index contributed by atoms with van der Waals surface area (Å²) in [6, 6.07) is 0.130. The number of nitrogens with two attached hydrogens (primary N) is 1. The van der Waals surface area contributed by atoms with Crippen molar-refractivity contribution in [2.24, 2.45) is 12.8 Å². The molecule has 86 valence electrons. The topological polar surface area (TPSA) is 61.7 Å². The molecule has 0 aliphatic heterocycles. The molecule has 0 fully saturated rings. The SMILES string of the molecule is Cc1nn(C)c(-n2ccnc2)c1CC(C)N. The first-order chi connectivity index (χ1) is 7.59. The molecule has 0 saturated heterocycles. The third-order valence-corrected chi connectivity index (χ3v) is 2.59. The quantitative estimate of drug-likeness (QED) is 0.830. The molecule has 2 aromatic rings. The smallest absolute Gasteiger partial charge is 0.139 e. The molecule has 5 heteroatoms. The van der Waals surface area contributed by atoms with Crippen LogP contribution in [0.4, 0.5) is 0 Å². The van der Waals surface area contributed by atoms with E-state index in [0.717, 1.165) is 17.9 Å². The first-order valence-electron chi connectivity index (χ1n) is 5.36. The van der Waals surface area contributed by atoms with Crippen molar-refractivity contribution in [3.05, 3.63) is 30.0 Å². The van der Waals surface area contributed by atoms with Crippen LogP contribution in [0, 0.1) is 6.92 Å². The Morgan fingerprint density at radius 3 is 2.81 bits per heavy atom. The third kappa shape index (κ3) is 1.86. The molecule has 0 aliphatic rings. The molecule has 0 spiro atoms. The van der Waals surface area contributed by atoms with Crippen LogP contribution in [-0.2, 0) is 13.5 Å². The second-order valence-corrected chi connectivity index (χ2v) is 4.16. The van der Waals surface area contributed by atoms with Gasteiger partial charge in [0.05, 0.1) is 5.69 Å². The highest BCUT2D eigenvalue weighted by Gasteiger charge is 2.15. The molecule has 2 heterocycles. The first-order valence-corrected chi connectivity index (χ1v) is 5.36. The van der Waals surface area contributed by atoms with Crippen molar-refractivity contribution in [2.75, 3.05) is 0 Å². The standard InChI is InChI=1S/C11H17N5/c1-8(12)6-10-9(2)14-15(3)11(10)16-5-4-13-7-16/h4-5,7-8H,6,12H2,1-3H3. The summed E-state index contributed by atoms with van der Waals surface area (Å²) in [6.07, 6.45) is 6.29. The van der Waals surface area contributed by atoms with Gasteiger partial charge in [0.2, 0.25) is 0 Å². The summed E-state index contributed by atoms with van der Waals surface area (Å²) in [5.74, 6) is 1.05. The summed E-state index contributed by atoms with van der Waals surface area (Å²) < 4.78 is 3.84. The minimum Gasteiger partial charge on any atom is -0.328 e. The van der Waals surface area contributed by atoms with Gasteiger partial charge >= 0.3 is 0 Å². The molecule has 0 radical (unpaired) electrons. The van der Waals surface area contributed by atoms with Gasteiger partial charge in [0.1, 0.15) is 12.1 Å². The van der Waals surface area contributed by atoms with E-state index in [-0.39, 0.29) is 6.04 Å². The second-order valence-electron chi connectivity index (χ2n) is 4.16. The van der Waals surface area contributed by atoms with Gasteiger partial charge in [-0.05, 0) is 20.3 Å². The number of hydrogen-bond acceptors (Lipinski definition) is 3. The molecule has 1 unspecified atom stereocenters. The maximum Gasteiger partial charge on any atom is 0.139 e. The fraction of sp³-hybridized carbons (Fsp3) is 0.455. The highest BCUT2D eigenvalue weighted by atomic mass is 15.3. The normalized spacial score (nSPS) is 13.0. The highest BCUT2D eigenvalue weighted by Crippen LogP contribution is 2.18. The molecule has 0 bridgehead atoms. The number of imidazole rings is 1. The zero-order chi connectivity index (χ0) is 11.7. The maximum absolute atomic E-state index is 5.86. The van der Waals surface area contributed by atoms with Gasteiger partial charge in [-0.3, -0.25) is 9.25 Å². The Kier molecular flexibility index (Phi) is 2.78. The van der Waals surface area contributed by atoms with Crippen LogP contribution in [0.25, 0.3) is 5.82 Å². The number of nitrogens with zero attached hydrogens (tertiary/aromatic N) is 4. The Morgan fingerprint density at radius 2 is 2.25 bits per heavy atom. The lowest BCUT2D eigenvalue weighted by Crippen LogP contribution is -2.19. The van der Waals surface area contributed by atoms with Crippen molar-refractivity contribution in [3.63, 3.8) is 0 Å². The Bertz CT molecular complexity index is 467. The zero-order valence-corrected chi connectivity index (χ0v) is 9.88. The molecule has 16 heavy (non-hydrogen) atoms. The van der Waals surface area contributed by atoms with Gasteiger partial charge in [0.25, 0.3) is 0 Å². The van der Waals surface area contributed by atoms with Gasteiger partial charge in [0.15, 0.2) is 0 Å². The molecule has 2 N–H and O–H groups in total. The van der Waals surface area contributed by atoms with Crippen LogP contribution in [0.5, 0.6) is 0 Å². The van der Waals surface area contributed by atoms with E-state index in [1.807, 2.05) is 36.3 Å². The molecule has 0 amide bonds. The number of aromatic nitrogens is 4. The summed E-state index contributed by atoms with van der Waals surface area (Å²) in [5.41, 5.74) is 8.08. The summed E-state index contributed by atoms with van der Waals surface area (Å²) in [6.45, 7) is 4.02. The first kappa shape index (κ1) is 10.9. The lowest BCUT2D eigenvalue weighted by molar-refractivity contribution is 0.709. The zero-order valence-electron chi connectivity index (χ0n) is 9.88. The molecular formula is C11H17N5. The van der Waals surface area contributed by atoms with Crippen LogP contribution in [0.1, 0.15) is 18.2 Å². The van der Waals surface area contributed by atoms with Crippen LogP contribution in [0.3, 0.4) is 0 Å². The second kappa shape index (κ2) is 4.09. The average Bonchev–Trinajstić information content (AvgIpc) is 2.75. The minimum atomic E-state index is 0.130. The number of hydrogen-bond donors (Lipinski definition) is 1. The van der Waals surface area contributed by atoms with Gasteiger partial charge in [-0.15, -0.1) is 0 Å². The molecule has 1 atom stereocenters. The number of rotatable bonds is 3. The molecule has 2 rings (SSSR count). The predicted octanol–water partition coefficient (Wildman–Crippen LogP) is 0.804. The molecule has 0 saturated carbocycles. The fourth-order valence-corrected chi connectivity index (χ4v) is 1.96. The Balaban J connectivity index is 2.51. The molecule has 2 aromatic heterocycles. The predicted molar refractivity (Wildman–Crippen MR) is 62.4 cm³/mol. The van der Waals surface area contributed by atoms with E-state index in [9.17, 15) is 0 Å². The van der Waals surface area contributed by atoms with E-state index in [1.165, 1.54) is 5.56 Å². The lowest BCUT2D eigenvalue weighted by Gasteiger charge is -2.09. The van der Waals surface area contributed by atoms with Gasteiger partial charge in [-0.25, -0.2) is 4.98 Å². The minimum absolute atomic E-state index is 0.130. The van der Waals surface area contributed by atoms with Crippen molar-refractivity contribution in [3.8, 4) is 5.82 Å². The summed E-state index contributed by atoms with van der Waals surface area (Å²) in [4.78, 5) is 4.06. The lowest BCUT2D eigenvalue weighted by atomic mass is 10.1. The summed E-state index contributed by atoms with van der Waals surface area (Å²) in [5, 5.41) is 4.43. The number of aryl methyl sites for hydroxylation is 2. The van der Waals surface area contributed by atoms with Crippen molar-refractivity contribution in [2.45, 2.75) is 26.3 Å². The highest BCUT2D eigenvalue weighted by molar-refractivity contribution is 5.38. The Hall–Kier alpha value is -1.62. The fourth-order valence-electron chi connectivity index (χ4n) is 1.96. The molecule has 5 nitrogen and oxygen atoms in total. The van der Waals surface area contributed by atoms with Crippen molar-refractivity contribution in [1.82, 2.24) is 19.3 Å².